The van der Waals surface area contributed by atoms with Crippen molar-refractivity contribution in [3.05, 3.63) is 57.8 Å². The summed E-state index contributed by atoms with van der Waals surface area (Å²) in [6.45, 7) is 8.72. The molecule has 2 aliphatic rings. The van der Waals surface area contributed by atoms with Crippen molar-refractivity contribution >= 4 is 34.9 Å². The van der Waals surface area contributed by atoms with E-state index in [-0.39, 0.29) is 22.1 Å². The molecule has 0 radical (unpaired) electrons. The average molecular weight is 429 g/mol. The molecule has 4 nitrogen and oxygen atoms in total. The van der Waals surface area contributed by atoms with Crippen molar-refractivity contribution in [3.63, 3.8) is 0 Å². The molecule has 2 saturated heterocycles. The number of hydrogen-bond acceptors (Lipinski definition) is 4. The summed E-state index contributed by atoms with van der Waals surface area (Å²) < 4.78 is 0. The zero-order chi connectivity index (χ0) is 20.6. The standard InChI is InChI=1S/C23H28N2O2S2/c1-22(2,3)18-8-6-17(7-9-18)20(26)24-12-10-23(11-13-24)25(14-16-29-23)21(27)19-5-4-15-28-19/h4-9,15H,10-14,16H2,1-3H3. The Kier molecular flexibility index (Phi) is 5.51. The molecule has 1 spiro atoms. The Hall–Kier alpha value is -1.79. The smallest absolute Gasteiger partial charge is 0.265 e. The summed E-state index contributed by atoms with van der Waals surface area (Å²) >= 11 is 3.39. The third-order valence-corrected chi connectivity index (χ3v) is 8.40. The average Bonchev–Trinajstić information content (AvgIpc) is 3.38. The van der Waals surface area contributed by atoms with Gasteiger partial charge in [-0.15, -0.1) is 23.1 Å². The van der Waals surface area contributed by atoms with Gasteiger partial charge < -0.3 is 9.80 Å². The fourth-order valence-electron chi connectivity index (χ4n) is 4.20. The Morgan fingerprint density at radius 3 is 2.24 bits per heavy atom. The molecule has 2 aromatic rings. The first-order chi connectivity index (χ1) is 13.8. The van der Waals surface area contributed by atoms with Gasteiger partial charge in [0.2, 0.25) is 0 Å². The van der Waals surface area contributed by atoms with Crippen LogP contribution in [0.1, 0.15) is 59.2 Å². The predicted molar refractivity (Wildman–Crippen MR) is 121 cm³/mol. The number of hydrogen-bond donors (Lipinski definition) is 0. The summed E-state index contributed by atoms with van der Waals surface area (Å²) in [5.41, 5.74) is 2.06. The quantitative estimate of drug-likeness (QED) is 0.685. The van der Waals surface area contributed by atoms with E-state index in [1.165, 1.54) is 16.9 Å². The number of nitrogens with zero attached hydrogens (tertiary/aromatic N) is 2. The summed E-state index contributed by atoms with van der Waals surface area (Å²) in [6.07, 6.45) is 1.67. The van der Waals surface area contributed by atoms with E-state index < -0.39 is 0 Å². The molecule has 0 bridgehead atoms. The molecular weight excluding hydrogens is 400 g/mol. The number of benzene rings is 1. The Labute approximate surface area is 181 Å². The Balaban J connectivity index is 1.43. The molecule has 3 heterocycles. The SMILES string of the molecule is CC(C)(C)c1ccc(C(=O)N2CCC3(CC2)SCCN3C(=O)c2cccs2)cc1. The second-order valence-corrected chi connectivity index (χ2v) is 11.3. The minimum atomic E-state index is -0.159. The molecule has 0 atom stereocenters. The van der Waals surface area contributed by atoms with Crippen molar-refractivity contribution in [3.8, 4) is 0 Å². The van der Waals surface area contributed by atoms with Crippen molar-refractivity contribution in [2.45, 2.75) is 43.9 Å². The summed E-state index contributed by atoms with van der Waals surface area (Å²) in [5, 5.41) is 1.95. The lowest BCUT2D eigenvalue weighted by atomic mass is 9.86. The van der Waals surface area contributed by atoms with Crippen LogP contribution < -0.4 is 0 Å². The Morgan fingerprint density at radius 1 is 0.966 bits per heavy atom. The Morgan fingerprint density at radius 2 is 1.66 bits per heavy atom. The number of carbonyl (C=O) groups excluding carboxylic acids is 2. The highest BCUT2D eigenvalue weighted by Gasteiger charge is 2.47. The molecule has 29 heavy (non-hydrogen) atoms. The number of piperidine rings is 1. The van der Waals surface area contributed by atoms with Crippen LogP contribution in [0.3, 0.4) is 0 Å². The van der Waals surface area contributed by atoms with E-state index in [2.05, 4.69) is 37.8 Å². The monoisotopic (exact) mass is 428 g/mol. The lowest BCUT2D eigenvalue weighted by Crippen LogP contribution is -2.53. The fraction of sp³-hybridized carbons (Fsp3) is 0.478. The van der Waals surface area contributed by atoms with Crippen LogP contribution in [0.15, 0.2) is 41.8 Å². The number of likely N-dealkylation sites (tertiary alicyclic amines) is 1. The zero-order valence-electron chi connectivity index (χ0n) is 17.3. The summed E-state index contributed by atoms with van der Waals surface area (Å²) in [4.78, 5) is 30.6. The second kappa shape index (κ2) is 7.80. The predicted octanol–water partition coefficient (Wildman–Crippen LogP) is 4.87. The second-order valence-electron chi connectivity index (χ2n) is 8.85. The van der Waals surface area contributed by atoms with Gasteiger partial charge >= 0.3 is 0 Å². The first-order valence-corrected chi connectivity index (χ1v) is 12.1. The van der Waals surface area contributed by atoms with Crippen molar-refractivity contribution in [1.29, 1.82) is 0 Å². The first kappa shape index (κ1) is 20.5. The van der Waals surface area contributed by atoms with Crippen LogP contribution in [-0.4, -0.2) is 51.9 Å². The number of amides is 2. The minimum absolute atomic E-state index is 0.0807. The van der Waals surface area contributed by atoms with Gasteiger partial charge in [-0.1, -0.05) is 39.0 Å². The largest absolute Gasteiger partial charge is 0.338 e. The van der Waals surface area contributed by atoms with Gasteiger partial charge in [0.05, 0.1) is 9.75 Å². The van der Waals surface area contributed by atoms with Gasteiger partial charge in [-0.05, 0) is 47.4 Å². The lowest BCUT2D eigenvalue weighted by molar-refractivity contribution is 0.0501. The molecule has 1 aromatic carbocycles. The van der Waals surface area contributed by atoms with Crippen LogP contribution in [0.25, 0.3) is 0 Å². The third kappa shape index (κ3) is 3.97. The van der Waals surface area contributed by atoms with E-state index in [0.29, 0.717) is 13.1 Å². The van der Waals surface area contributed by atoms with Crippen molar-refractivity contribution < 1.29 is 9.59 Å². The summed E-state index contributed by atoms with van der Waals surface area (Å²) in [7, 11) is 0. The maximum Gasteiger partial charge on any atom is 0.265 e. The van der Waals surface area contributed by atoms with E-state index in [1.54, 1.807) is 0 Å². The topological polar surface area (TPSA) is 40.6 Å². The van der Waals surface area contributed by atoms with E-state index >= 15 is 0 Å². The van der Waals surface area contributed by atoms with Crippen molar-refractivity contribution in [1.82, 2.24) is 9.80 Å². The molecule has 4 rings (SSSR count). The number of rotatable bonds is 2. The molecule has 0 N–H and O–H groups in total. The maximum absolute atomic E-state index is 13.0. The fourth-order valence-corrected chi connectivity index (χ4v) is 6.32. The van der Waals surface area contributed by atoms with E-state index in [4.69, 9.17) is 0 Å². The van der Waals surface area contributed by atoms with E-state index in [9.17, 15) is 9.59 Å². The zero-order valence-corrected chi connectivity index (χ0v) is 18.9. The van der Waals surface area contributed by atoms with Crippen LogP contribution in [0.5, 0.6) is 0 Å². The van der Waals surface area contributed by atoms with E-state index in [1.807, 2.05) is 46.3 Å². The molecule has 0 saturated carbocycles. The molecule has 154 valence electrons. The first-order valence-electron chi connectivity index (χ1n) is 10.2. The Bertz CT molecular complexity index is 877. The highest BCUT2D eigenvalue weighted by molar-refractivity contribution is 8.00. The van der Waals surface area contributed by atoms with Gasteiger partial charge in [0.15, 0.2) is 0 Å². The lowest BCUT2D eigenvalue weighted by Gasteiger charge is -2.44. The number of thioether (sulfide) groups is 1. The van der Waals surface area contributed by atoms with Crippen molar-refractivity contribution in [2.24, 2.45) is 0 Å². The molecule has 2 aliphatic heterocycles. The van der Waals surface area contributed by atoms with Crippen LogP contribution >= 0.6 is 23.1 Å². The molecule has 1 aromatic heterocycles. The normalized spacial score (nSPS) is 19.0. The van der Waals surface area contributed by atoms with Gasteiger partial charge in [-0.3, -0.25) is 9.59 Å². The molecular formula is C23H28N2O2S2. The highest BCUT2D eigenvalue weighted by atomic mass is 32.2. The number of thiophene rings is 1. The molecule has 0 unspecified atom stereocenters. The number of carbonyl (C=O) groups is 2. The van der Waals surface area contributed by atoms with Crippen LogP contribution in [-0.2, 0) is 5.41 Å². The summed E-state index contributed by atoms with van der Waals surface area (Å²) in [6, 6.07) is 11.9. The third-order valence-electron chi connectivity index (χ3n) is 5.98. The van der Waals surface area contributed by atoms with Gasteiger partial charge in [0, 0.05) is 31.0 Å². The van der Waals surface area contributed by atoms with Crippen LogP contribution in [0.4, 0.5) is 0 Å². The van der Waals surface area contributed by atoms with Crippen molar-refractivity contribution in [2.75, 3.05) is 25.4 Å². The highest BCUT2D eigenvalue weighted by Crippen LogP contribution is 2.45. The van der Waals surface area contributed by atoms with E-state index in [0.717, 1.165) is 35.6 Å². The van der Waals surface area contributed by atoms with Gasteiger partial charge in [-0.2, -0.15) is 0 Å². The van der Waals surface area contributed by atoms with Gasteiger partial charge in [-0.25, -0.2) is 0 Å². The molecule has 0 aliphatic carbocycles. The maximum atomic E-state index is 13.0. The van der Waals surface area contributed by atoms with Crippen LogP contribution in [0, 0.1) is 0 Å². The van der Waals surface area contributed by atoms with Gasteiger partial charge in [0.25, 0.3) is 11.8 Å². The molecule has 6 heteroatoms. The molecule has 2 fully saturated rings. The molecule has 2 amide bonds. The van der Waals surface area contributed by atoms with Gasteiger partial charge in [0.1, 0.15) is 0 Å². The minimum Gasteiger partial charge on any atom is -0.338 e. The van der Waals surface area contributed by atoms with Crippen LogP contribution in [0.2, 0.25) is 0 Å². The summed E-state index contributed by atoms with van der Waals surface area (Å²) in [5.74, 6) is 1.21.